The van der Waals surface area contributed by atoms with Crippen molar-refractivity contribution in [2.24, 2.45) is 0 Å². The van der Waals surface area contributed by atoms with Crippen molar-refractivity contribution in [3.05, 3.63) is 182 Å². The summed E-state index contributed by atoms with van der Waals surface area (Å²) in [4.78, 5) is 0. The topological polar surface area (TPSA) is 9.23 Å². The first-order chi connectivity index (χ1) is 25.3. The van der Waals surface area contributed by atoms with Crippen LogP contribution >= 0.6 is 0 Å². The summed E-state index contributed by atoms with van der Waals surface area (Å²) in [5, 5.41) is 12.4. The Morgan fingerprint density at radius 3 is 1.71 bits per heavy atom. The third-order valence-corrected chi connectivity index (χ3v) is 10.8. The number of ether oxygens (including phenoxy) is 1. The van der Waals surface area contributed by atoms with Crippen LogP contribution in [0.1, 0.15) is 0 Å². The highest BCUT2D eigenvalue weighted by molar-refractivity contribution is 6.22. The first-order valence-electron chi connectivity index (χ1n) is 17.6. The van der Waals surface area contributed by atoms with Crippen molar-refractivity contribution in [1.29, 1.82) is 0 Å². The van der Waals surface area contributed by atoms with Gasteiger partial charge in [-0.15, -0.1) is 0 Å². The molecule has 0 atom stereocenters. The molecule has 1 heterocycles. The van der Waals surface area contributed by atoms with Crippen molar-refractivity contribution in [1.82, 2.24) is 0 Å². The van der Waals surface area contributed by atoms with E-state index in [1.54, 1.807) is 0 Å². The van der Waals surface area contributed by atoms with E-state index < -0.39 is 0 Å². The fourth-order valence-electron chi connectivity index (χ4n) is 8.40. The van der Waals surface area contributed by atoms with Gasteiger partial charge in [-0.2, -0.15) is 0 Å². The SMILES string of the molecule is c1ccc(-c2c3c4c(cccc4c4ccccc24)-c2cccc(-c4ccc5cc(-c6ccc7c(ccc8ccccc87)c6)ccc5c4)c2O3)cc1. The van der Waals surface area contributed by atoms with E-state index >= 15 is 0 Å². The summed E-state index contributed by atoms with van der Waals surface area (Å²) in [6.45, 7) is 0. The van der Waals surface area contributed by atoms with E-state index in [-0.39, 0.29) is 0 Å². The highest BCUT2D eigenvalue weighted by atomic mass is 16.5. The van der Waals surface area contributed by atoms with Gasteiger partial charge in [-0.25, -0.2) is 0 Å². The van der Waals surface area contributed by atoms with E-state index in [2.05, 4.69) is 182 Å². The van der Waals surface area contributed by atoms with Gasteiger partial charge >= 0.3 is 0 Å². The molecule has 0 bridgehead atoms. The predicted molar refractivity (Wildman–Crippen MR) is 216 cm³/mol. The molecule has 0 unspecified atom stereocenters. The van der Waals surface area contributed by atoms with Gasteiger partial charge in [0.25, 0.3) is 0 Å². The average Bonchev–Trinajstić information content (AvgIpc) is 3.20. The van der Waals surface area contributed by atoms with Gasteiger partial charge in [-0.1, -0.05) is 164 Å². The van der Waals surface area contributed by atoms with Crippen molar-refractivity contribution >= 4 is 53.9 Å². The van der Waals surface area contributed by atoms with Gasteiger partial charge in [0.1, 0.15) is 11.5 Å². The minimum absolute atomic E-state index is 0.907. The Kier molecular flexibility index (Phi) is 6.02. The first kappa shape index (κ1) is 28.2. The molecule has 0 fully saturated rings. The Hall–Kier alpha value is -6.70. The van der Waals surface area contributed by atoms with Crippen LogP contribution in [0, 0.1) is 0 Å². The zero-order valence-corrected chi connectivity index (χ0v) is 27.7. The van der Waals surface area contributed by atoms with Gasteiger partial charge in [0.05, 0.1) is 0 Å². The van der Waals surface area contributed by atoms with Gasteiger partial charge in [-0.05, 0) is 94.5 Å². The Labute approximate surface area is 295 Å². The summed E-state index contributed by atoms with van der Waals surface area (Å²) in [5.74, 6) is 1.84. The standard InChI is InChI=1S/C50H30O/c1-2-11-32(12-3-1)47-43-15-7-6-14-42(43)44-17-9-18-45-46-19-8-16-41(49(46)51-50(47)48(44)45)38-25-23-34-28-33(21-22-35(34)30-38)36-26-27-40-37(29-36)24-20-31-10-4-5-13-39(31)40/h1-30H. The molecule has 1 heteroatoms. The van der Waals surface area contributed by atoms with Crippen molar-refractivity contribution in [3.63, 3.8) is 0 Å². The molecular weight excluding hydrogens is 617 g/mol. The van der Waals surface area contributed by atoms with Crippen LogP contribution in [0.15, 0.2) is 182 Å². The number of hydrogen-bond acceptors (Lipinski definition) is 1. The molecule has 0 aromatic heterocycles. The van der Waals surface area contributed by atoms with Crippen LogP contribution in [0.5, 0.6) is 11.5 Å². The van der Waals surface area contributed by atoms with Crippen LogP contribution in [0.25, 0.3) is 98.4 Å². The molecule has 0 spiro atoms. The minimum Gasteiger partial charge on any atom is -0.455 e. The van der Waals surface area contributed by atoms with Crippen LogP contribution in [0.2, 0.25) is 0 Å². The Morgan fingerprint density at radius 2 is 0.843 bits per heavy atom. The van der Waals surface area contributed by atoms with E-state index in [9.17, 15) is 0 Å². The maximum absolute atomic E-state index is 7.18. The van der Waals surface area contributed by atoms with E-state index in [1.807, 2.05) is 0 Å². The van der Waals surface area contributed by atoms with Gasteiger partial charge in [0.15, 0.2) is 0 Å². The molecule has 11 rings (SSSR count). The number of fused-ring (bicyclic) bond motifs is 8. The molecule has 0 saturated heterocycles. The summed E-state index contributed by atoms with van der Waals surface area (Å²) >= 11 is 0. The average molecular weight is 647 g/mol. The second kappa shape index (κ2) is 10.9. The molecule has 0 amide bonds. The molecular formula is C50H30O. The summed E-state index contributed by atoms with van der Waals surface area (Å²) in [6.07, 6.45) is 0. The normalized spacial score (nSPS) is 12.1. The van der Waals surface area contributed by atoms with Crippen LogP contribution in [-0.4, -0.2) is 0 Å². The van der Waals surface area contributed by atoms with E-state index in [1.165, 1.54) is 70.6 Å². The summed E-state index contributed by atoms with van der Waals surface area (Å²) in [5.41, 5.74) is 9.31. The van der Waals surface area contributed by atoms with Crippen LogP contribution in [0.3, 0.4) is 0 Å². The smallest absolute Gasteiger partial charge is 0.144 e. The predicted octanol–water partition coefficient (Wildman–Crippen LogP) is 14.2. The van der Waals surface area contributed by atoms with Crippen molar-refractivity contribution < 1.29 is 4.74 Å². The lowest BCUT2D eigenvalue weighted by molar-refractivity contribution is 0.491. The maximum atomic E-state index is 7.18. The fourth-order valence-corrected chi connectivity index (χ4v) is 8.40. The van der Waals surface area contributed by atoms with E-state index in [4.69, 9.17) is 4.74 Å². The highest BCUT2D eigenvalue weighted by Crippen LogP contribution is 2.55. The van der Waals surface area contributed by atoms with Crippen molar-refractivity contribution in [3.8, 4) is 56.0 Å². The second-order valence-electron chi connectivity index (χ2n) is 13.6. The minimum atomic E-state index is 0.907. The number of hydrogen-bond donors (Lipinski definition) is 0. The Morgan fingerprint density at radius 1 is 0.275 bits per heavy atom. The third-order valence-electron chi connectivity index (χ3n) is 10.8. The number of para-hydroxylation sites is 1. The largest absolute Gasteiger partial charge is 0.455 e. The van der Waals surface area contributed by atoms with Crippen molar-refractivity contribution in [2.75, 3.05) is 0 Å². The van der Waals surface area contributed by atoms with Gasteiger partial charge in [-0.3, -0.25) is 0 Å². The summed E-state index contributed by atoms with van der Waals surface area (Å²) in [6, 6.07) is 66.1. The number of rotatable bonds is 3. The molecule has 10 aromatic rings. The lowest BCUT2D eigenvalue weighted by Crippen LogP contribution is -2.02. The molecule has 0 N–H and O–H groups in total. The zero-order valence-electron chi connectivity index (χ0n) is 27.7. The number of benzene rings is 10. The molecule has 1 aliphatic heterocycles. The lowest BCUT2D eigenvalue weighted by atomic mass is 9.86. The molecule has 1 nitrogen and oxygen atoms in total. The van der Waals surface area contributed by atoms with Gasteiger partial charge in [0.2, 0.25) is 0 Å². The molecule has 1 aliphatic rings. The molecule has 0 aliphatic carbocycles. The Balaban J connectivity index is 1.04. The molecule has 10 aromatic carbocycles. The van der Waals surface area contributed by atoms with Gasteiger partial charge in [0, 0.05) is 22.1 Å². The van der Waals surface area contributed by atoms with Crippen molar-refractivity contribution in [2.45, 2.75) is 0 Å². The lowest BCUT2D eigenvalue weighted by Gasteiger charge is -2.27. The molecule has 51 heavy (non-hydrogen) atoms. The molecule has 236 valence electrons. The quantitative estimate of drug-likeness (QED) is 0.174. The second-order valence-corrected chi connectivity index (χ2v) is 13.6. The van der Waals surface area contributed by atoms with E-state index in [0.29, 0.717) is 0 Å². The van der Waals surface area contributed by atoms with E-state index in [0.717, 1.165) is 39.3 Å². The molecule has 0 saturated carbocycles. The van der Waals surface area contributed by atoms with Crippen LogP contribution in [0.4, 0.5) is 0 Å². The first-order valence-corrected chi connectivity index (χ1v) is 17.6. The van der Waals surface area contributed by atoms with Crippen LogP contribution < -0.4 is 4.74 Å². The van der Waals surface area contributed by atoms with Gasteiger partial charge < -0.3 is 4.74 Å². The maximum Gasteiger partial charge on any atom is 0.144 e. The summed E-state index contributed by atoms with van der Waals surface area (Å²) in [7, 11) is 0. The zero-order chi connectivity index (χ0) is 33.5. The molecule has 0 radical (unpaired) electrons. The monoisotopic (exact) mass is 646 g/mol. The van der Waals surface area contributed by atoms with Crippen LogP contribution in [-0.2, 0) is 0 Å². The Bertz CT molecular complexity index is 3040. The third kappa shape index (κ3) is 4.28. The highest BCUT2D eigenvalue weighted by Gasteiger charge is 2.27. The fraction of sp³-hybridized carbons (Fsp3) is 0. The summed E-state index contributed by atoms with van der Waals surface area (Å²) < 4.78 is 7.18.